The number of hydrogen-bond acceptors (Lipinski definition) is 2. The minimum Gasteiger partial charge on any atom is -0.458 e. The third-order valence-electron chi connectivity index (χ3n) is 5.50. The third-order valence-corrected chi connectivity index (χ3v) is 5.50. The van der Waals surface area contributed by atoms with Crippen LogP contribution < -0.4 is 0 Å². The topological polar surface area (TPSA) is 26.3 Å². The van der Waals surface area contributed by atoms with E-state index < -0.39 is 0 Å². The van der Waals surface area contributed by atoms with E-state index >= 15 is 0 Å². The summed E-state index contributed by atoms with van der Waals surface area (Å²) in [6.45, 7) is 8.66. The molecule has 0 amide bonds. The van der Waals surface area contributed by atoms with Gasteiger partial charge in [0, 0.05) is 17.4 Å². The minimum atomic E-state index is -0.132. The molecule has 1 saturated heterocycles. The van der Waals surface area contributed by atoms with Crippen LogP contribution >= 0.6 is 0 Å². The first-order chi connectivity index (χ1) is 8.09. The fourth-order valence-electron chi connectivity index (χ4n) is 4.47. The maximum atomic E-state index is 11.7. The van der Waals surface area contributed by atoms with Gasteiger partial charge in [0.25, 0.3) is 0 Å². The monoisotopic (exact) mass is 234 g/mol. The van der Waals surface area contributed by atoms with Gasteiger partial charge >= 0.3 is 5.97 Å². The molecule has 3 aliphatic rings. The zero-order valence-corrected chi connectivity index (χ0v) is 10.8. The summed E-state index contributed by atoms with van der Waals surface area (Å²) >= 11 is 0. The van der Waals surface area contributed by atoms with Gasteiger partial charge in [-0.05, 0) is 37.0 Å². The molecular weight excluding hydrogens is 212 g/mol. The molecule has 94 valence electrons. The molecule has 2 saturated carbocycles. The van der Waals surface area contributed by atoms with Gasteiger partial charge in [-0.2, -0.15) is 0 Å². The second-order valence-corrected chi connectivity index (χ2v) is 6.35. The molecule has 0 aromatic heterocycles. The van der Waals surface area contributed by atoms with Gasteiger partial charge < -0.3 is 4.74 Å². The van der Waals surface area contributed by atoms with Crippen LogP contribution in [0, 0.1) is 29.6 Å². The van der Waals surface area contributed by atoms with Crippen LogP contribution in [0.5, 0.6) is 0 Å². The van der Waals surface area contributed by atoms with Crippen molar-refractivity contribution >= 4 is 5.97 Å². The second kappa shape index (κ2) is 3.86. The van der Waals surface area contributed by atoms with E-state index in [9.17, 15) is 4.79 Å². The summed E-state index contributed by atoms with van der Waals surface area (Å²) in [5.41, 5.74) is 0.738. The number of carbonyl (C=O) groups excluding carboxylic acids is 1. The first kappa shape index (κ1) is 11.3. The summed E-state index contributed by atoms with van der Waals surface area (Å²) in [6, 6.07) is 0. The predicted octanol–water partition coefficient (Wildman–Crippen LogP) is 3.18. The lowest BCUT2D eigenvalue weighted by Gasteiger charge is -2.30. The summed E-state index contributed by atoms with van der Waals surface area (Å²) in [4.78, 5) is 11.7. The highest BCUT2D eigenvalue weighted by Gasteiger charge is 2.52. The molecule has 0 aromatic carbocycles. The minimum absolute atomic E-state index is 0.132. The maximum absolute atomic E-state index is 11.7. The third kappa shape index (κ3) is 1.56. The van der Waals surface area contributed by atoms with Crippen LogP contribution in [-0.4, -0.2) is 12.1 Å². The number of rotatable bonds is 0. The fourth-order valence-corrected chi connectivity index (χ4v) is 4.47. The van der Waals surface area contributed by atoms with Crippen LogP contribution in [0.2, 0.25) is 0 Å². The number of fused-ring (bicyclic) bond motifs is 3. The molecule has 1 aliphatic heterocycles. The quantitative estimate of drug-likeness (QED) is 0.475. The average molecular weight is 234 g/mol. The molecular formula is C15H22O2. The van der Waals surface area contributed by atoms with Gasteiger partial charge in [-0.3, -0.25) is 0 Å². The smallest absolute Gasteiger partial charge is 0.334 e. The Balaban J connectivity index is 1.95. The lowest BCUT2D eigenvalue weighted by molar-refractivity contribution is -0.142. The molecule has 0 bridgehead atoms. The molecule has 3 rings (SSSR count). The number of hydrogen-bond donors (Lipinski definition) is 0. The summed E-state index contributed by atoms with van der Waals surface area (Å²) < 4.78 is 5.65. The fraction of sp³-hybridized carbons (Fsp3) is 0.800. The van der Waals surface area contributed by atoms with E-state index in [1.54, 1.807) is 0 Å². The molecule has 2 nitrogen and oxygen atoms in total. The van der Waals surface area contributed by atoms with Crippen molar-refractivity contribution in [1.82, 2.24) is 0 Å². The van der Waals surface area contributed by atoms with Gasteiger partial charge in [-0.25, -0.2) is 4.79 Å². The Bertz CT molecular complexity index is 360. The first-order valence-electron chi connectivity index (χ1n) is 6.99. The van der Waals surface area contributed by atoms with E-state index in [2.05, 4.69) is 20.4 Å². The van der Waals surface area contributed by atoms with Gasteiger partial charge in [0.1, 0.15) is 6.10 Å². The van der Waals surface area contributed by atoms with Crippen LogP contribution in [0.4, 0.5) is 0 Å². The molecule has 0 spiro atoms. The van der Waals surface area contributed by atoms with Crippen molar-refractivity contribution in [2.45, 2.75) is 45.6 Å². The highest BCUT2D eigenvalue weighted by atomic mass is 16.6. The van der Waals surface area contributed by atoms with Crippen molar-refractivity contribution in [3.05, 3.63) is 12.2 Å². The molecule has 0 unspecified atom stereocenters. The number of esters is 1. The van der Waals surface area contributed by atoms with E-state index in [4.69, 9.17) is 4.74 Å². The maximum Gasteiger partial charge on any atom is 0.334 e. The number of carbonyl (C=O) groups is 1. The molecule has 0 N–H and O–H groups in total. The summed E-state index contributed by atoms with van der Waals surface area (Å²) in [5, 5.41) is 0. The predicted molar refractivity (Wildman–Crippen MR) is 66.3 cm³/mol. The van der Waals surface area contributed by atoms with Crippen molar-refractivity contribution in [1.29, 1.82) is 0 Å². The normalized spacial score (nSPS) is 49.5. The zero-order valence-electron chi connectivity index (χ0n) is 10.8. The Morgan fingerprint density at radius 1 is 1.12 bits per heavy atom. The Morgan fingerprint density at radius 3 is 2.59 bits per heavy atom. The molecule has 1 heterocycles. The molecule has 2 aliphatic carbocycles. The van der Waals surface area contributed by atoms with Crippen molar-refractivity contribution in [2.24, 2.45) is 29.6 Å². The standard InChI is InChI=1S/C15H22O2/c1-8-4-7-12-10(3)15(16)17-14(12)13-9(2)5-6-11(8)13/h8-9,11-14H,3-7H2,1-2H3/t8-,9+,11+,12-,13-,14-/m0/s1. The molecule has 0 radical (unpaired) electrons. The van der Waals surface area contributed by atoms with E-state index in [1.165, 1.54) is 19.3 Å². The average Bonchev–Trinajstić information content (AvgIpc) is 2.75. The van der Waals surface area contributed by atoms with E-state index in [1.807, 2.05) is 0 Å². The van der Waals surface area contributed by atoms with Crippen LogP contribution in [-0.2, 0) is 9.53 Å². The van der Waals surface area contributed by atoms with Gasteiger partial charge in [-0.15, -0.1) is 0 Å². The summed E-state index contributed by atoms with van der Waals surface area (Å²) in [5.74, 6) is 3.00. The Kier molecular flexibility index (Phi) is 2.57. The van der Waals surface area contributed by atoms with Gasteiger partial charge in [0.15, 0.2) is 0 Å². The van der Waals surface area contributed by atoms with E-state index in [0.29, 0.717) is 17.8 Å². The van der Waals surface area contributed by atoms with Crippen molar-refractivity contribution < 1.29 is 9.53 Å². The summed E-state index contributed by atoms with van der Waals surface area (Å²) in [6.07, 6.45) is 5.08. The SMILES string of the molecule is C=C1C(=O)O[C@@H]2[C@@H]3[C@H](CC[C@H]3C)[C@@H](C)CC[C@@H]12. The summed E-state index contributed by atoms with van der Waals surface area (Å²) in [7, 11) is 0. The number of ether oxygens (including phenoxy) is 1. The molecule has 2 heteroatoms. The molecule has 6 atom stereocenters. The van der Waals surface area contributed by atoms with Crippen LogP contribution in [0.15, 0.2) is 12.2 Å². The Labute approximate surface area is 103 Å². The lowest BCUT2D eigenvalue weighted by Crippen LogP contribution is -2.32. The Morgan fingerprint density at radius 2 is 1.82 bits per heavy atom. The lowest BCUT2D eigenvalue weighted by atomic mass is 9.78. The Hall–Kier alpha value is -0.790. The largest absolute Gasteiger partial charge is 0.458 e. The second-order valence-electron chi connectivity index (χ2n) is 6.35. The van der Waals surface area contributed by atoms with Crippen LogP contribution in [0.3, 0.4) is 0 Å². The van der Waals surface area contributed by atoms with Crippen molar-refractivity contribution in [3.8, 4) is 0 Å². The van der Waals surface area contributed by atoms with Crippen molar-refractivity contribution in [2.75, 3.05) is 0 Å². The zero-order chi connectivity index (χ0) is 12.2. The van der Waals surface area contributed by atoms with Gasteiger partial charge in [0.2, 0.25) is 0 Å². The van der Waals surface area contributed by atoms with E-state index in [0.717, 1.165) is 23.8 Å². The van der Waals surface area contributed by atoms with Crippen LogP contribution in [0.1, 0.15) is 39.5 Å². The highest BCUT2D eigenvalue weighted by molar-refractivity contribution is 5.90. The van der Waals surface area contributed by atoms with Gasteiger partial charge in [0.05, 0.1) is 0 Å². The first-order valence-corrected chi connectivity index (χ1v) is 6.99. The van der Waals surface area contributed by atoms with Crippen molar-refractivity contribution in [3.63, 3.8) is 0 Å². The van der Waals surface area contributed by atoms with E-state index in [-0.39, 0.29) is 12.1 Å². The molecule has 0 aromatic rings. The molecule has 17 heavy (non-hydrogen) atoms. The highest BCUT2D eigenvalue weighted by Crippen LogP contribution is 2.52. The van der Waals surface area contributed by atoms with Crippen LogP contribution in [0.25, 0.3) is 0 Å². The molecule has 3 fully saturated rings. The van der Waals surface area contributed by atoms with Gasteiger partial charge in [-0.1, -0.05) is 26.8 Å².